The summed E-state index contributed by atoms with van der Waals surface area (Å²) in [6.45, 7) is 3.91. The molecule has 0 saturated carbocycles. The van der Waals surface area contributed by atoms with E-state index in [0.717, 1.165) is 83.5 Å². The summed E-state index contributed by atoms with van der Waals surface area (Å²) in [6.07, 6.45) is 45.6. The molecule has 6 N–H and O–H groups in total. The molecular formula is C53H89NO10. The molecule has 1 heterocycles. The normalized spacial score (nSPS) is 20.6. The van der Waals surface area contributed by atoms with Gasteiger partial charge in [0.2, 0.25) is 5.91 Å². The first kappa shape index (κ1) is 58.9. The number of amides is 1. The fraction of sp³-hybridized carbons (Fsp3) is 0.698. The van der Waals surface area contributed by atoms with Gasteiger partial charge in [0.1, 0.15) is 24.4 Å². The van der Waals surface area contributed by atoms with Gasteiger partial charge in [-0.3, -0.25) is 9.59 Å². The lowest BCUT2D eigenvalue weighted by Crippen LogP contribution is -2.60. The Labute approximate surface area is 387 Å². The number of allylic oxidation sites excluding steroid dienone is 13. The van der Waals surface area contributed by atoms with Crippen LogP contribution in [0.1, 0.15) is 174 Å². The zero-order chi connectivity index (χ0) is 46.7. The second-order valence-corrected chi connectivity index (χ2v) is 16.8. The molecule has 1 rings (SSSR count). The second-order valence-electron chi connectivity index (χ2n) is 16.8. The zero-order valence-corrected chi connectivity index (χ0v) is 39.7. The van der Waals surface area contributed by atoms with Gasteiger partial charge in [-0.15, -0.1) is 0 Å². The summed E-state index contributed by atoms with van der Waals surface area (Å²) in [5.41, 5.74) is 0. The number of nitrogens with one attached hydrogen (secondary N) is 1. The van der Waals surface area contributed by atoms with Crippen LogP contribution >= 0.6 is 0 Å². The van der Waals surface area contributed by atoms with E-state index in [0.29, 0.717) is 25.9 Å². The van der Waals surface area contributed by atoms with Gasteiger partial charge >= 0.3 is 5.97 Å². The van der Waals surface area contributed by atoms with E-state index in [-0.39, 0.29) is 24.9 Å². The maximum atomic E-state index is 12.9. The first-order chi connectivity index (χ1) is 31.2. The molecule has 0 aromatic heterocycles. The van der Waals surface area contributed by atoms with Crippen molar-refractivity contribution in [3.8, 4) is 0 Å². The topological polar surface area (TPSA) is 175 Å². The summed E-state index contributed by atoms with van der Waals surface area (Å²) in [6, 6.07) is -0.880. The Hall–Kier alpha value is -3.16. The lowest BCUT2D eigenvalue weighted by atomic mass is 9.99. The van der Waals surface area contributed by atoms with Gasteiger partial charge in [-0.25, -0.2) is 0 Å². The average Bonchev–Trinajstić information content (AvgIpc) is 3.29. The second kappa shape index (κ2) is 42.5. The van der Waals surface area contributed by atoms with Crippen LogP contribution in [0.15, 0.2) is 85.1 Å². The Morgan fingerprint density at radius 3 is 1.75 bits per heavy atom. The van der Waals surface area contributed by atoms with Gasteiger partial charge in [0.15, 0.2) is 6.29 Å². The monoisotopic (exact) mass is 900 g/mol. The highest BCUT2D eigenvalue weighted by Gasteiger charge is 2.44. The predicted molar refractivity (Wildman–Crippen MR) is 259 cm³/mol. The van der Waals surface area contributed by atoms with E-state index in [9.17, 15) is 35.1 Å². The fourth-order valence-electron chi connectivity index (χ4n) is 7.01. The quantitative estimate of drug-likeness (QED) is 0.0197. The minimum atomic E-state index is -1.60. The van der Waals surface area contributed by atoms with Gasteiger partial charge < -0.3 is 45.1 Å². The molecule has 11 nitrogen and oxygen atoms in total. The summed E-state index contributed by atoms with van der Waals surface area (Å²) >= 11 is 0. The zero-order valence-electron chi connectivity index (χ0n) is 39.7. The van der Waals surface area contributed by atoms with Crippen molar-refractivity contribution in [3.05, 3.63) is 85.1 Å². The van der Waals surface area contributed by atoms with Crippen molar-refractivity contribution in [2.24, 2.45) is 0 Å². The van der Waals surface area contributed by atoms with Crippen LogP contribution in [0, 0.1) is 0 Å². The largest absolute Gasteiger partial charge is 0.466 e. The molecule has 0 aromatic rings. The van der Waals surface area contributed by atoms with Crippen LogP contribution in [0.5, 0.6) is 0 Å². The summed E-state index contributed by atoms with van der Waals surface area (Å²) in [4.78, 5) is 24.9. The van der Waals surface area contributed by atoms with Gasteiger partial charge in [0.05, 0.1) is 32.0 Å². The van der Waals surface area contributed by atoms with E-state index < -0.39 is 49.5 Å². The number of hydrogen-bond acceptors (Lipinski definition) is 10. The lowest BCUT2D eigenvalue weighted by molar-refractivity contribution is -0.302. The van der Waals surface area contributed by atoms with E-state index in [4.69, 9.17) is 14.2 Å². The highest BCUT2D eigenvalue weighted by atomic mass is 16.7. The van der Waals surface area contributed by atoms with Crippen molar-refractivity contribution in [1.82, 2.24) is 5.32 Å². The first-order valence-corrected chi connectivity index (χ1v) is 24.8. The molecule has 64 heavy (non-hydrogen) atoms. The summed E-state index contributed by atoms with van der Waals surface area (Å²) in [7, 11) is 0. The minimum Gasteiger partial charge on any atom is -0.466 e. The molecule has 0 radical (unpaired) electrons. The van der Waals surface area contributed by atoms with Crippen LogP contribution in [0.3, 0.4) is 0 Å². The van der Waals surface area contributed by atoms with E-state index in [1.807, 2.05) is 31.2 Å². The number of ether oxygens (including phenoxy) is 3. The molecule has 0 aromatic carbocycles. The van der Waals surface area contributed by atoms with Crippen molar-refractivity contribution in [2.45, 2.75) is 217 Å². The van der Waals surface area contributed by atoms with Crippen molar-refractivity contribution >= 4 is 11.9 Å². The van der Waals surface area contributed by atoms with Gasteiger partial charge in [0, 0.05) is 12.8 Å². The molecule has 0 aliphatic carbocycles. The fourth-order valence-corrected chi connectivity index (χ4v) is 7.01. The van der Waals surface area contributed by atoms with E-state index in [2.05, 4.69) is 66.9 Å². The maximum absolute atomic E-state index is 12.9. The molecule has 1 saturated heterocycles. The molecule has 0 spiro atoms. The lowest BCUT2D eigenvalue weighted by Gasteiger charge is -2.40. The van der Waals surface area contributed by atoms with Gasteiger partial charge in [-0.2, -0.15) is 0 Å². The number of carbonyl (C=O) groups excluding carboxylic acids is 2. The summed E-state index contributed by atoms with van der Waals surface area (Å²) in [5.74, 6) is -0.343. The number of aliphatic hydroxyl groups is 5. The van der Waals surface area contributed by atoms with Gasteiger partial charge in [0.25, 0.3) is 0 Å². The molecule has 0 bridgehead atoms. The van der Waals surface area contributed by atoms with Crippen LogP contribution in [0.25, 0.3) is 0 Å². The molecule has 11 heteroatoms. The van der Waals surface area contributed by atoms with Crippen LogP contribution in [-0.4, -0.2) is 100 Å². The van der Waals surface area contributed by atoms with E-state index in [1.54, 1.807) is 6.08 Å². The molecule has 1 aliphatic heterocycles. The van der Waals surface area contributed by atoms with Crippen LogP contribution in [0.2, 0.25) is 0 Å². The Balaban J connectivity index is 2.20. The predicted octanol–water partition coefficient (Wildman–Crippen LogP) is 9.88. The third-order valence-corrected chi connectivity index (χ3v) is 11.0. The number of hydrogen-bond donors (Lipinski definition) is 6. The van der Waals surface area contributed by atoms with Gasteiger partial charge in [-0.05, 0) is 96.8 Å². The van der Waals surface area contributed by atoms with Crippen LogP contribution < -0.4 is 5.32 Å². The third-order valence-electron chi connectivity index (χ3n) is 11.0. The van der Waals surface area contributed by atoms with Crippen molar-refractivity contribution in [1.29, 1.82) is 0 Å². The molecule has 7 atom stereocenters. The molecule has 1 amide bonds. The highest BCUT2D eigenvalue weighted by molar-refractivity contribution is 5.76. The maximum Gasteiger partial charge on any atom is 0.305 e. The van der Waals surface area contributed by atoms with Gasteiger partial charge in [-0.1, -0.05) is 150 Å². The van der Waals surface area contributed by atoms with E-state index >= 15 is 0 Å². The average molecular weight is 900 g/mol. The molecular weight excluding hydrogens is 811 g/mol. The number of aliphatic hydroxyl groups excluding tert-OH is 5. The highest BCUT2D eigenvalue weighted by Crippen LogP contribution is 2.22. The number of rotatable bonds is 40. The SMILES string of the molecule is C/C=C/CC/C=C/CC/C=C/C(O)C(COC1OC(CO)C(O)C(O)C1O)NC(=O)CC/C=C\C/C=C\CCCCCCCCOC(=O)CCCCCCC/C=C\C/C=C\CCCC. The number of esters is 1. The Morgan fingerprint density at radius 2 is 1.14 bits per heavy atom. The van der Waals surface area contributed by atoms with Crippen molar-refractivity contribution in [3.63, 3.8) is 0 Å². The minimum absolute atomic E-state index is 0.0580. The summed E-state index contributed by atoms with van der Waals surface area (Å²) < 4.78 is 16.5. The number of unbranched alkanes of at least 4 members (excludes halogenated alkanes) is 15. The van der Waals surface area contributed by atoms with Crippen molar-refractivity contribution in [2.75, 3.05) is 19.8 Å². The Kier molecular flexibility index (Phi) is 39.1. The molecule has 1 aliphatic rings. The van der Waals surface area contributed by atoms with Crippen LogP contribution in [-0.2, 0) is 23.8 Å². The first-order valence-electron chi connectivity index (χ1n) is 24.8. The van der Waals surface area contributed by atoms with E-state index in [1.165, 1.54) is 51.4 Å². The van der Waals surface area contributed by atoms with Crippen LogP contribution in [0.4, 0.5) is 0 Å². The third kappa shape index (κ3) is 32.5. The summed E-state index contributed by atoms with van der Waals surface area (Å²) in [5, 5.41) is 53.9. The number of carbonyl (C=O) groups is 2. The molecule has 7 unspecified atom stereocenters. The molecule has 1 fully saturated rings. The Bertz CT molecular complexity index is 1340. The van der Waals surface area contributed by atoms with Crippen molar-refractivity contribution < 1.29 is 49.3 Å². The smallest absolute Gasteiger partial charge is 0.305 e. The standard InChI is InChI=1S/C53H89NO10/c1-3-5-7-9-11-13-14-15-18-21-25-29-33-37-41-49(58)62-42-38-34-30-26-22-19-16-17-20-24-28-32-36-40-48(57)54-45(46(56)39-35-31-27-23-12-10-8-6-4-2)44-63-53-52(61)51(60)50(59)47(43-55)64-53/h4,6,9,11-12,14-15,17,20,23,28,32,35,39,45-47,50-53,55-56,59-61H,3,5,7-8,10,13,16,18-19,21-22,24-27,29-31,33-34,36-38,40-44H2,1-2H3,(H,54,57)/b6-4+,11-9-,15-14-,20-17-,23-12+,32-28-,39-35+. The molecule has 366 valence electrons. The Morgan fingerprint density at radius 1 is 0.609 bits per heavy atom.